The van der Waals surface area contributed by atoms with Crippen LogP contribution in [0.2, 0.25) is 0 Å². The van der Waals surface area contributed by atoms with Crippen LogP contribution in [0.15, 0.2) is 72.8 Å². The van der Waals surface area contributed by atoms with Gasteiger partial charge in [-0.25, -0.2) is 0 Å². The van der Waals surface area contributed by atoms with Crippen LogP contribution < -0.4 is 10.6 Å². The van der Waals surface area contributed by atoms with E-state index in [0.29, 0.717) is 10.2 Å². The normalized spacial score (nSPS) is 10.6. The van der Waals surface area contributed by atoms with Gasteiger partial charge in [0, 0.05) is 12.1 Å². The van der Waals surface area contributed by atoms with E-state index in [-0.39, 0.29) is 0 Å². The molecule has 4 nitrogen and oxygen atoms in total. The molecule has 1 heterocycles. The minimum absolute atomic E-state index is 0.504. The lowest BCUT2D eigenvalue weighted by Gasteiger charge is -2.07. The minimum Gasteiger partial charge on any atom is -0.332 e. The number of fused-ring (bicyclic) bond motifs is 1. The predicted octanol–water partition coefficient (Wildman–Crippen LogP) is 5.09. The second-order valence-electron chi connectivity index (χ2n) is 5.76. The molecular weight excluding hydrogens is 360 g/mol. The maximum Gasteiger partial charge on any atom is 0.211 e. The van der Waals surface area contributed by atoms with Crippen LogP contribution in [0.25, 0.3) is 10.8 Å². The Morgan fingerprint density at radius 1 is 0.846 bits per heavy atom. The van der Waals surface area contributed by atoms with Crippen LogP contribution in [-0.4, -0.2) is 15.3 Å². The van der Waals surface area contributed by atoms with E-state index in [2.05, 4.69) is 63.3 Å². The van der Waals surface area contributed by atoms with Gasteiger partial charge >= 0.3 is 0 Å². The van der Waals surface area contributed by atoms with Crippen molar-refractivity contribution < 1.29 is 0 Å². The number of nitrogens with zero attached hydrogens (tertiary/aromatic N) is 2. The summed E-state index contributed by atoms with van der Waals surface area (Å²) in [7, 11) is 0. The van der Waals surface area contributed by atoms with Crippen molar-refractivity contribution in [2.75, 3.05) is 10.6 Å². The highest BCUT2D eigenvalue weighted by molar-refractivity contribution is 7.80. The van der Waals surface area contributed by atoms with Crippen LogP contribution in [0.5, 0.6) is 0 Å². The fraction of sp³-hybridized carbons (Fsp3) is 0.0500. The molecule has 2 N–H and O–H groups in total. The van der Waals surface area contributed by atoms with Crippen molar-refractivity contribution in [2.45, 2.75) is 6.42 Å². The molecule has 0 aliphatic rings. The van der Waals surface area contributed by atoms with E-state index in [9.17, 15) is 0 Å². The second kappa shape index (κ2) is 7.59. The molecule has 4 aromatic rings. The fourth-order valence-electron chi connectivity index (χ4n) is 2.77. The lowest BCUT2D eigenvalue weighted by atomic mass is 10.0. The summed E-state index contributed by atoms with van der Waals surface area (Å²) in [5.41, 5.74) is 2.18. The Balaban J connectivity index is 1.45. The van der Waals surface area contributed by atoms with Crippen molar-refractivity contribution in [2.24, 2.45) is 0 Å². The number of hydrogen-bond donors (Lipinski definition) is 2. The zero-order chi connectivity index (χ0) is 17.8. The summed E-state index contributed by atoms with van der Waals surface area (Å²) in [5.74, 6) is 0. The first-order valence-electron chi connectivity index (χ1n) is 8.20. The number of nitrogens with one attached hydrogen (secondary N) is 2. The molecular formula is C20H16N4S2. The van der Waals surface area contributed by atoms with Crippen molar-refractivity contribution in [3.8, 4) is 0 Å². The Morgan fingerprint density at radius 3 is 2.50 bits per heavy atom. The van der Waals surface area contributed by atoms with E-state index in [1.165, 1.54) is 27.7 Å². The van der Waals surface area contributed by atoms with E-state index in [1.54, 1.807) is 0 Å². The number of aromatic nitrogens is 2. The van der Waals surface area contributed by atoms with Crippen molar-refractivity contribution >= 4 is 50.3 Å². The molecule has 0 saturated heterocycles. The van der Waals surface area contributed by atoms with E-state index in [4.69, 9.17) is 12.2 Å². The molecule has 0 fully saturated rings. The summed E-state index contributed by atoms with van der Waals surface area (Å²) in [5, 5.41) is 19.4. The molecule has 4 rings (SSSR count). The zero-order valence-electron chi connectivity index (χ0n) is 13.8. The van der Waals surface area contributed by atoms with Crippen molar-refractivity contribution in [3.05, 3.63) is 83.4 Å². The van der Waals surface area contributed by atoms with Gasteiger partial charge < -0.3 is 10.6 Å². The first-order valence-corrected chi connectivity index (χ1v) is 9.42. The summed E-state index contributed by atoms with van der Waals surface area (Å²) in [6, 6.07) is 24.5. The summed E-state index contributed by atoms with van der Waals surface area (Å²) in [6.45, 7) is 0. The molecule has 1 aromatic heterocycles. The van der Waals surface area contributed by atoms with Gasteiger partial charge in [0.15, 0.2) is 5.11 Å². The summed E-state index contributed by atoms with van der Waals surface area (Å²) < 4.78 is 0. The molecule has 0 bridgehead atoms. The number of rotatable bonds is 4. The lowest BCUT2D eigenvalue weighted by Crippen LogP contribution is -2.18. The Hall–Kier alpha value is -2.83. The lowest BCUT2D eigenvalue weighted by molar-refractivity contribution is 1.01. The number of thiocarbonyl (C=S) groups is 1. The number of anilines is 2. The molecule has 0 aliphatic heterocycles. The third kappa shape index (κ3) is 3.87. The van der Waals surface area contributed by atoms with E-state index in [0.717, 1.165) is 17.1 Å². The van der Waals surface area contributed by atoms with E-state index >= 15 is 0 Å². The van der Waals surface area contributed by atoms with E-state index < -0.39 is 0 Å². The van der Waals surface area contributed by atoms with Gasteiger partial charge in [0.25, 0.3) is 0 Å². The maximum atomic E-state index is 5.34. The van der Waals surface area contributed by atoms with Gasteiger partial charge in [-0.3, -0.25) is 0 Å². The molecule has 0 saturated carbocycles. The van der Waals surface area contributed by atoms with Gasteiger partial charge in [0.2, 0.25) is 5.13 Å². The molecule has 26 heavy (non-hydrogen) atoms. The highest BCUT2D eigenvalue weighted by atomic mass is 32.1. The van der Waals surface area contributed by atoms with Crippen LogP contribution in [-0.2, 0) is 6.42 Å². The van der Waals surface area contributed by atoms with Crippen LogP contribution in [0.3, 0.4) is 0 Å². The number of benzene rings is 3. The van der Waals surface area contributed by atoms with Crippen LogP contribution in [0.4, 0.5) is 10.8 Å². The van der Waals surface area contributed by atoms with Crippen molar-refractivity contribution in [1.82, 2.24) is 10.2 Å². The third-order valence-corrected chi connectivity index (χ3v) is 4.98. The Kier molecular flexibility index (Phi) is 4.86. The molecule has 0 spiro atoms. The molecule has 128 valence electrons. The predicted molar refractivity (Wildman–Crippen MR) is 113 cm³/mol. The van der Waals surface area contributed by atoms with Gasteiger partial charge in [0.05, 0.1) is 0 Å². The van der Waals surface area contributed by atoms with Gasteiger partial charge in [-0.2, -0.15) is 0 Å². The first kappa shape index (κ1) is 16.6. The molecule has 6 heteroatoms. The second-order valence-corrected chi connectivity index (χ2v) is 7.23. The quantitative estimate of drug-likeness (QED) is 0.486. The van der Waals surface area contributed by atoms with Crippen LogP contribution in [0, 0.1) is 0 Å². The maximum absolute atomic E-state index is 5.34. The molecule has 3 aromatic carbocycles. The zero-order valence-corrected chi connectivity index (χ0v) is 15.5. The van der Waals surface area contributed by atoms with Crippen LogP contribution >= 0.6 is 23.6 Å². The average molecular weight is 377 g/mol. The Morgan fingerprint density at radius 2 is 1.62 bits per heavy atom. The third-order valence-electron chi connectivity index (χ3n) is 3.94. The first-order chi connectivity index (χ1) is 12.8. The van der Waals surface area contributed by atoms with Gasteiger partial charge in [-0.15, -0.1) is 10.2 Å². The van der Waals surface area contributed by atoms with Crippen molar-refractivity contribution in [3.63, 3.8) is 0 Å². The van der Waals surface area contributed by atoms with Gasteiger partial charge in [0.1, 0.15) is 5.01 Å². The fourth-order valence-corrected chi connectivity index (χ4v) is 3.81. The summed E-state index contributed by atoms with van der Waals surface area (Å²) in [4.78, 5) is 0. The Labute approximate surface area is 160 Å². The summed E-state index contributed by atoms with van der Waals surface area (Å²) >= 11 is 6.85. The molecule has 0 unspecified atom stereocenters. The smallest absolute Gasteiger partial charge is 0.211 e. The van der Waals surface area contributed by atoms with E-state index in [1.807, 2.05) is 30.3 Å². The van der Waals surface area contributed by atoms with Crippen molar-refractivity contribution in [1.29, 1.82) is 0 Å². The summed E-state index contributed by atoms with van der Waals surface area (Å²) in [6.07, 6.45) is 0.750. The molecule has 0 aliphatic carbocycles. The molecule has 0 amide bonds. The number of hydrogen-bond acceptors (Lipinski definition) is 4. The highest BCUT2D eigenvalue weighted by Crippen LogP contribution is 2.24. The average Bonchev–Trinajstić information content (AvgIpc) is 3.09. The largest absolute Gasteiger partial charge is 0.332 e. The standard InChI is InChI=1S/C20H16N4S2/c25-19(21-16-10-2-1-3-11-16)22-20-24-23-18(26-20)13-15-9-6-8-14-7-4-5-12-17(14)15/h1-12H,13H2,(H2,21,22,24,25). The monoisotopic (exact) mass is 376 g/mol. The van der Waals surface area contributed by atoms with Gasteiger partial charge in [-0.05, 0) is 40.7 Å². The molecule has 0 radical (unpaired) electrons. The minimum atomic E-state index is 0.504. The number of para-hydroxylation sites is 1. The van der Waals surface area contributed by atoms with Crippen LogP contribution in [0.1, 0.15) is 10.6 Å². The molecule has 0 atom stereocenters. The topological polar surface area (TPSA) is 49.8 Å². The Bertz CT molecular complexity index is 1040. The van der Waals surface area contributed by atoms with Gasteiger partial charge in [-0.1, -0.05) is 72.0 Å². The highest BCUT2D eigenvalue weighted by Gasteiger charge is 2.09. The SMILES string of the molecule is S=C(Nc1ccccc1)Nc1nnc(Cc2cccc3ccccc23)s1.